The van der Waals surface area contributed by atoms with Crippen LogP contribution in [0.4, 0.5) is 4.39 Å². The molecule has 0 spiro atoms. The van der Waals surface area contributed by atoms with Crippen LogP contribution in [-0.2, 0) is 6.42 Å². The molecule has 2 fully saturated rings. The van der Waals surface area contributed by atoms with Crippen molar-refractivity contribution >= 4 is 0 Å². The van der Waals surface area contributed by atoms with Crippen LogP contribution in [0.15, 0.2) is 12.1 Å². The summed E-state index contributed by atoms with van der Waals surface area (Å²) < 4.78 is 19.8. The first-order valence-corrected chi connectivity index (χ1v) is 6.68. The van der Waals surface area contributed by atoms with Gasteiger partial charge in [-0.25, -0.2) is 4.39 Å². The van der Waals surface area contributed by atoms with Gasteiger partial charge in [0.05, 0.1) is 6.10 Å². The first kappa shape index (κ1) is 11.1. The van der Waals surface area contributed by atoms with E-state index in [2.05, 4.69) is 0 Å². The van der Waals surface area contributed by atoms with E-state index in [4.69, 9.17) is 4.74 Å². The molecule has 2 saturated carbocycles. The van der Waals surface area contributed by atoms with E-state index in [0.29, 0.717) is 5.75 Å². The molecule has 0 bridgehead atoms. The van der Waals surface area contributed by atoms with Gasteiger partial charge in [0.2, 0.25) is 0 Å². The molecule has 0 heterocycles. The second-order valence-electron chi connectivity index (χ2n) is 5.48. The molecule has 0 N–H and O–H groups in total. The molecular formula is C15H19FO. The average molecular weight is 234 g/mol. The smallest absolute Gasteiger partial charge is 0.168 e. The highest BCUT2D eigenvalue weighted by molar-refractivity contribution is 5.37. The molecule has 2 aliphatic carbocycles. The summed E-state index contributed by atoms with van der Waals surface area (Å²) in [6, 6.07) is 3.86. The van der Waals surface area contributed by atoms with Crippen molar-refractivity contribution in [2.45, 2.75) is 51.6 Å². The van der Waals surface area contributed by atoms with Crippen LogP contribution in [0.25, 0.3) is 0 Å². The molecule has 0 saturated heterocycles. The molecule has 0 radical (unpaired) electrons. The van der Waals surface area contributed by atoms with E-state index < -0.39 is 0 Å². The lowest BCUT2D eigenvalue weighted by molar-refractivity contribution is 0.115. The number of hydrogen-bond acceptors (Lipinski definition) is 1. The van der Waals surface area contributed by atoms with Crippen LogP contribution in [-0.4, -0.2) is 6.10 Å². The Bertz CT molecular complexity index is 419. The maximum Gasteiger partial charge on any atom is 0.168 e. The number of ether oxygens (including phenoxy) is 1. The van der Waals surface area contributed by atoms with E-state index in [1.807, 2.05) is 19.1 Å². The second-order valence-corrected chi connectivity index (χ2v) is 5.48. The topological polar surface area (TPSA) is 9.23 Å². The van der Waals surface area contributed by atoms with E-state index >= 15 is 0 Å². The molecule has 0 aliphatic heterocycles. The molecule has 0 aromatic heterocycles. The number of hydrogen-bond donors (Lipinski definition) is 0. The minimum Gasteiger partial charge on any atom is -0.487 e. The maximum absolute atomic E-state index is 14.1. The number of rotatable bonds is 4. The summed E-state index contributed by atoms with van der Waals surface area (Å²) in [4.78, 5) is 0. The van der Waals surface area contributed by atoms with Gasteiger partial charge in [-0.1, -0.05) is 6.07 Å². The van der Waals surface area contributed by atoms with Gasteiger partial charge in [-0.05, 0) is 68.6 Å². The van der Waals surface area contributed by atoms with Gasteiger partial charge < -0.3 is 4.74 Å². The van der Waals surface area contributed by atoms with Crippen LogP contribution in [0.3, 0.4) is 0 Å². The Labute approximate surface area is 102 Å². The van der Waals surface area contributed by atoms with Crippen molar-refractivity contribution in [3.63, 3.8) is 0 Å². The third-order valence-electron chi connectivity index (χ3n) is 4.01. The van der Waals surface area contributed by atoms with Crippen molar-refractivity contribution in [3.05, 3.63) is 29.1 Å². The van der Waals surface area contributed by atoms with Crippen LogP contribution in [0, 0.1) is 18.7 Å². The molecule has 92 valence electrons. The third kappa shape index (κ3) is 2.31. The Hall–Kier alpha value is -1.05. The number of benzene rings is 1. The Morgan fingerprint density at radius 1 is 1.24 bits per heavy atom. The zero-order valence-electron chi connectivity index (χ0n) is 10.3. The Balaban J connectivity index is 1.77. The molecule has 0 atom stereocenters. The van der Waals surface area contributed by atoms with Gasteiger partial charge in [-0.2, -0.15) is 0 Å². The SMILES string of the molecule is Cc1c(CC2CC2)ccc(OC2CCC2)c1F. The monoisotopic (exact) mass is 234 g/mol. The highest BCUT2D eigenvalue weighted by Crippen LogP contribution is 2.35. The lowest BCUT2D eigenvalue weighted by atomic mass is 9.96. The van der Waals surface area contributed by atoms with Gasteiger partial charge in [-0.3, -0.25) is 0 Å². The van der Waals surface area contributed by atoms with E-state index in [1.165, 1.54) is 19.3 Å². The summed E-state index contributed by atoms with van der Waals surface area (Å²) in [5.74, 6) is 1.10. The Morgan fingerprint density at radius 2 is 2.00 bits per heavy atom. The van der Waals surface area contributed by atoms with E-state index in [0.717, 1.165) is 36.3 Å². The highest BCUT2D eigenvalue weighted by atomic mass is 19.1. The summed E-state index contributed by atoms with van der Waals surface area (Å²) in [6.45, 7) is 1.88. The van der Waals surface area contributed by atoms with Crippen molar-refractivity contribution in [1.29, 1.82) is 0 Å². The highest BCUT2D eigenvalue weighted by Gasteiger charge is 2.25. The van der Waals surface area contributed by atoms with E-state index in [1.54, 1.807) is 0 Å². The van der Waals surface area contributed by atoms with E-state index in [9.17, 15) is 4.39 Å². The first-order valence-electron chi connectivity index (χ1n) is 6.68. The van der Waals surface area contributed by atoms with Gasteiger partial charge in [0.25, 0.3) is 0 Å². The molecule has 1 aromatic carbocycles. The van der Waals surface area contributed by atoms with E-state index in [-0.39, 0.29) is 11.9 Å². The fraction of sp³-hybridized carbons (Fsp3) is 0.600. The van der Waals surface area contributed by atoms with Crippen LogP contribution in [0.1, 0.15) is 43.2 Å². The quantitative estimate of drug-likeness (QED) is 0.764. The Morgan fingerprint density at radius 3 is 2.59 bits per heavy atom. The maximum atomic E-state index is 14.1. The first-order chi connectivity index (χ1) is 8.24. The summed E-state index contributed by atoms with van der Waals surface area (Å²) >= 11 is 0. The van der Waals surface area contributed by atoms with Crippen LogP contribution in [0.2, 0.25) is 0 Å². The largest absolute Gasteiger partial charge is 0.487 e. The zero-order valence-corrected chi connectivity index (χ0v) is 10.3. The summed E-state index contributed by atoms with van der Waals surface area (Å²) in [6.07, 6.45) is 7.25. The average Bonchev–Trinajstić information content (AvgIpc) is 3.05. The van der Waals surface area contributed by atoms with Crippen molar-refractivity contribution in [2.75, 3.05) is 0 Å². The number of halogens is 1. The second kappa shape index (κ2) is 4.32. The van der Waals surface area contributed by atoms with Gasteiger partial charge in [-0.15, -0.1) is 0 Å². The Kier molecular flexibility index (Phi) is 2.81. The zero-order chi connectivity index (χ0) is 11.8. The van der Waals surface area contributed by atoms with Gasteiger partial charge in [0, 0.05) is 0 Å². The molecule has 17 heavy (non-hydrogen) atoms. The van der Waals surface area contributed by atoms with Crippen LogP contribution >= 0.6 is 0 Å². The van der Waals surface area contributed by atoms with Crippen molar-refractivity contribution < 1.29 is 9.13 Å². The molecule has 1 aromatic rings. The minimum absolute atomic E-state index is 0.143. The minimum atomic E-state index is -0.143. The lowest BCUT2D eigenvalue weighted by Gasteiger charge is -2.27. The molecule has 0 amide bonds. The van der Waals surface area contributed by atoms with Gasteiger partial charge >= 0.3 is 0 Å². The molecule has 1 nitrogen and oxygen atoms in total. The predicted molar refractivity (Wildman–Crippen MR) is 65.8 cm³/mol. The normalized spacial score (nSPS) is 20.1. The molecular weight excluding hydrogens is 215 g/mol. The van der Waals surface area contributed by atoms with Gasteiger partial charge in [0.15, 0.2) is 11.6 Å². The summed E-state index contributed by atoms with van der Waals surface area (Å²) in [5.41, 5.74) is 1.94. The van der Waals surface area contributed by atoms with Gasteiger partial charge in [0.1, 0.15) is 0 Å². The fourth-order valence-corrected chi connectivity index (χ4v) is 2.31. The van der Waals surface area contributed by atoms with Crippen molar-refractivity contribution in [3.8, 4) is 5.75 Å². The molecule has 2 aliphatic rings. The van der Waals surface area contributed by atoms with Crippen molar-refractivity contribution in [2.24, 2.45) is 5.92 Å². The standard InChI is InChI=1S/C15H19FO/c1-10-12(9-11-5-6-11)7-8-14(15(10)16)17-13-3-2-4-13/h7-8,11,13H,2-6,9H2,1H3. The summed E-state index contributed by atoms with van der Waals surface area (Å²) in [7, 11) is 0. The third-order valence-corrected chi connectivity index (χ3v) is 4.01. The predicted octanol–water partition coefficient (Wildman–Crippen LogP) is 4.02. The molecule has 2 heteroatoms. The molecule has 3 rings (SSSR count). The fourth-order valence-electron chi connectivity index (χ4n) is 2.31. The summed E-state index contributed by atoms with van der Waals surface area (Å²) in [5, 5.41) is 0. The van der Waals surface area contributed by atoms with Crippen molar-refractivity contribution in [1.82, 2.24) is 0 Å². The molecule has 0 unspecified atom stereocenters. The van der Waals surface area contributed by atoms with Crippen LogP contribution in [0.5, 0.6) is 5.75 Å². The lowest BCUT2D eigenvalue weighted by Crippen LogP contribution is -2.25. The van der Waals surface area contributed by atoms with Crippen LogP contribution < -0.4 is 4.74 Å².